The van der Waals surface area contributed by atoms with Crippen molar-refractivity contribution in [3.05, 3.63) is 35.4 Å². The molecule has 1 aromatic rings. The maximum atomic E-state index is 12.4. The fourth-order valence-corrected chi connectivity index (χ4v) is 2.37. The fraction of sp³-hybridized carbons (Fsp3) is 0.500. The van der Waals surface area contributed by atoms with Crippen LogP contribution in [-0.4, -0.2) is 23.4 Å². The normalized spacial score (nSPS) is 20.4. The van der Waals surface area contributed by atoms with Gasteiger partial charge in [-0.2, -0.15) is 13.2 Å². The summed E-state index contributed by atoms with van der Waals surface area (Å²) < 4.78 is 37.3. The van der Waals surface area contributed by atoms with Crippen LogP contribution in [0.2, 0.25) is 0 Å². The minimum Gasteiger partial charge on any atom is -0.336 e. The van der Waals surface area contributed by atoms with Crippen molar-refractivity contribution >= 4 is 5.91 Å². The number of nitrogens with zero attached hydrogens (tertiary/aromatic N) is 1. The van der Waals surface area contributed by atoms with Gasteiger partial charge in [0, 0.05) is 18.2 Å². The number of carbonyl (C=O) groups is 1. The van der Waals surface area contributed by atoms with Crippen molar-refractivity contribution in [1.29, 1.82) is 0 Å². The molecule has 2 nitrogen and oxygen atoms in total. The van der Waals surface area contributed by atoms with Gasteiger partial charge in [-0.1, -0.05) is 0 Å². The van der Waals surface area contributed by atoms with Crippen LogP contribution in [0.15, 0.2) is 24.3 Å². The minimum atomic E-state index is -4.36. The molecule has 0 radical (unpaired) electrons. The molecule has 1 saturated heterocycles. The summed E-state index contributed by atoms with van der Waals surface area (Å²) in [6, 6.07) is 4.59. The summed E-state index contributed by atoms with van der Waals surface area (Å²) in [7, 11) is 0. The number of hydrogen-bond donors (Lipinski definition) is 0. The number of carbonyl (C=O) groups excluding carboxylic acids is 1. The van der Waals surface area contributed by atoms with Crippen molar-refractivity contribution in [2.75, 3.05) is 6.54 Å². The van der Waals surface area contributed by atoms with Gasteiger partial charge in [-0.25, -0.2) is 0 Å². The van der Waals surface area contributed by atoms with E-state index in [-0.39, 0.29) is 11.9 Å². The summed E-state index contributed by atoms with van der Waals surface area (Å²) in [5.41, 5.74) is -0.405. The Balaban J connectivity index is 2.15. The van der Waals surface area contributed by atoms with Gasteiger partial charge >= 0.3 is 6.18 Å². The number of rotatable bonds is 1. The quantitative estimate of drug-likeness (QED) is 0.762. The van der Waals surface area contributed by atoms with Gasteiger partial charge in [0.15, 0.2) is 0 Å². The van der Waals surface area contributed by atoms with E-state index in [9.17, 15) is 18.0 Å². The lowest BCUT2D eigenvalue weighted by molar-refractivity contribution is -0.137. The lowest BCUT2D eigenvalue weighted by Gasteiger charge is -2.33. The zero-order chi connectivity index (χ0) is 14.0. The zero-order valence-corrected chi connectivity index (χ0v) is 10.7. The Kier molecular flexibility index (Phi) is 3.83. The number of halogens is 3. The van der Waals surface area contributed by atoms with Crippen molar-refractivity contribution in [2.45, 2.75) is 38.4 Å². The van der Waals surface area contributed by atoms with Crippen molar-refractivity contribution in [3.8, 4) is 0 Å². The smallest absolute Gasteiger partial charge is 0.336 e. The van der Waals surface area contributed by atoms with Crippen molar-refractivity contribution in [2.24, 2.45) is 0 Å². The molecule has 1 aliphatic heterocycles. The van der Waals surface area contributed by atoms with E-state index in [2.05, 4.69) is 0 Å². The largest absolute Gasteiger partial charge is 0.416 e. The van der Waals surface area contributed by atoms with Crippen LogP contribution < -0.4 is 0 Å². The minimum absolute atomic E-state index is 0.156. The molecule has 1 fully saturated rings. The number of benzene rings is 1. The molecule has 1 aromatic carbocycles. The van der Waals surface area contributed by atoms with Crippen LogP contribution in [-0.2, 0) is 6.18 Å². The highest BCUT2D eigenvalue weighted by Crippen LogP contribution is 2.29. The molecule has 0 spiro atoms. The third-order valence-electron chi connectivity index (χ3n) is 3.52. The maximum Gasteiger partial charge on any atom is 0.416 e. The van der Waals surface area contributed by atoms with Crippen LogP contribution >= 0.6 is 0 Å². The third kappa shape index (κ3) is 3.08. The van der Waals surface area contributed by atoms with E-state index >= 15 is 0 Å². The van der Waals surface area contributed by atoms with Crippen LogP contribution in [0.3, 0.4) is 0 Å². The molecule has 0 unspecified atom stereocenters. The first-order valence-electron chi connectivity index (χ1n) is 6.38. The molecular formula is C14H16F3NO. The van der Waals surface area contributed by atoms with E-state index in [0.717, 1.165) is 31.4 Å². The lowest BCUT2D eigenvalue weighted by atomic mass is 10.0. The molecule has 1 aliphatic rings. The van der Waals surface area contributed by atoms with E-state index in [0.29, 0.717) is 12.1 Å². The van der Waals surface area contributed by atoms with E-state index < -0.39 is 11.7 Å². The average Bonchev–Trinajstić information content (AvgIpc) is 2.38. The molecule has 2 rings (SSSR count). The molecule has 0 N–H and O–H groups in total. The highest BCUT2D eigenvalue weighted by Gasteiger charge is 2.31. The second-order valence-corrected chi connectivity index (χ2v) is 4.92. The molecule has 0 aromatic heterocycles. The Labute approximate surface area is 110 Å². The predicted octanol–water partition coefficient (Wildman–Crippen LogP) is 3.72. The van der Waals surface area contributed by atoms with Gasteiger partial charge in [0.25, 0.3) is 5.91 Å². The summed E-state index contributed by atoms with van der Waals surface area (Å²) in [5, 5.41) is 0. The molecule has 1 heterocycles. The van der Waals surface area contributed by atoms with Crippen molar-refractivity contribution in [1.82, 2.24) is 4.90 Å². The molecule has 104 valence electrons. The van der Waals surface area contributed by atoms with Crippen LogP contribution in [0.25, 0.3) is 0 Å². The predicted molar refractivity (Wildman–Crippen MR) is 65.8 cm³/mol. The van der Waals surface area contributed by atoms with Crippen LogP contribution in [0, 0.1) is 0 Å². The standard InChI is InChI=1S/C14H16F3NO/c1-10-4-2-3-9-18(10)13(19)11-5-7-12(8-6-11)14(15,16)17/h5-8,10H,2-4,9H2,1H3/t10-/m1/s1. The summed E-state index contributed by atoms with van der Waals surface area (Å²) in [5.74, 6) is -0.180. The van der Waals surface area contributed by atoms with Gasteiger partial charge < -0.3 is 4.90 Å². The van der Waals surface area contributed by atoms with Crippen molar-refractivity contribution < 1.29 is 18.0 Å². The average molecular weight is 271 g/mol. The van der Waals surface area contributed by atoms with Gasteiger partial charge in [0.2, 0.25) is 0 Å². The Morgan fingerprint density at radius 3 is 2.37 bits per heavy atom. The van der Waals surface area contributed by atoms with Crippen LogP contribution in [0.5, 0.6) is 0 Å². The molecule has 0 bridgehead atoms. The van der Waals surface area contributed by atoms with Gasteiger partial charge in [0.05, 0.1) is 5.56 Å². The molecule has 5 heteroatoms. The van der Waals surface area contributed by atoms with Crippen LogP contribution in [0.1, 0.15) is 42.1 Å². The fourth-order valence-electron chi connectivity index (χ4n) is 2.37. The van der Waals surface area contributed by atoms with E-state index in [1.807, 2.05) is 6.92 Å². The Bertz CT molecular complexity index is 453. The van der Waals surface area contributed by atoms with E-state index in [1.54, 1.807) is 4.90 Å². The Hall–Kier alpha value is -1.52. The Morgan fingerprint density at radius 2 is 1.84 bits per heavy atom. The van der Waals surface area contributed by atoms with E-state index in [4.69, 9.17) is 0 Å². The maximum absolute atomic E-state index is 12.4. The molecule has 0 saturated carbocycles. The number of alkyl halides is 3. The summed E-state index contributed by atoms with van der Waals surface area (Å²) in [4.78, 5) is 14.0. The third-order valence-corrected chi connectivity index (χ3v) is 3.52. The summed E-state index contributed by atoms with van der Waals surface area (Å²) in [6.07, 6.45) is -1.36. The van der Waals surface area contributed by atoms with Crippen LogP contribution in [0.4, 0.5) is 13.2 Å². The lowest BCUT2D eigenvalue weighted by Crippen LogP contribution is -2.42. The van der Waals surface area contributed by atoms with E-state index in [1.165, 1.54) is 12.1 Å². The monoisotopic (exact) mass is 271 g/mol. The van der Waals surface area contributed by atoms with Gasteiger partial charge in [-0.3, -0.25) is 4.79 Å². The SMILES string of the molecule is C[C@@H]1CCCCN1C(=O)c1ccc(C(F)(F)F)cc1. The first-order valence-corrected chi connectivity index (χ1v) is 6.38. The van der Waals surface area contributed by atoms with Gasteiger partial charge in [0.1, 0.15) is 0 Å². The molecular weight excluding hydrogens is 255 g/mol. The highest BCUT2D eigenvalue weighted by molar-refractivity contribution is 5.94. The molecule has 19 heavy (non-hydrogen) atoms. The molecule has 0 aliphatic carbocycles. The number of piperidine rings is 1. The van der Waals surface area contributed by atoms with Gasteiger partial charge in [-0.05, 0) is 50.5 Å². The van der Waals surface area contributed by atoms with Crippen molar-refractivity contribution in [3.63, 3.8) is 0 Å². The Morgan fingerprint density at radius 1 is 1.21 bits per heavy atom. The number of likely N-dealkylation sites (tertiary alicyclic amines) is 1. The summed E-state index contributed by atoms with van der Waals surface area (Å²) in [6.45, 7) is 2.65. The number of hydrogen-bond acceptors (Lipinski definition) is 1. The molecule has 1 amide bonds. The topological polar surface area (TPSA) is 20.3 Å². The highest BCUT2D eigenvalue weighted by atomic mass is 19.4. The molecule has 1 atom stereocenters. The van der Waals surface area contributed by atoms with Gasteiger partial charge in [-0.15, -0.1) is 0 Å². The first-order chi connectivity index (χ1) is 8.89. The second kappa shape index (κ2) is 5.23. The number of amides is 1. The summed E-state index contributed by atoms with van der Waals surface area (Å²) >= 11 is 0. The first kappa shape index (κ1) is 13.9. The zero-order valence-electron chi connectivity index (χ0n) is 10.7. The second-order valence-electron chi connectivity index (χ2n) is 4.92.